The summed E-state index contributed by atoms with van der Waals surface area (Å²) in [6, 6.07) is 2.18. The predicted octanol–water partition coefficient (Wildman–Crippen LogP) is 1.19. The van der Waals surface area contributed by atoms with Crippen LogP contribution in [0.5, 0.6) is 0 Å². The van der Waals surface area contributed by atoms with E-state index in [1.54, 1.807) is 6.08 Å². The van der Waals surface area contributed by atoms with Gasteiger partial charge < -0.3 is 5.73 Å². The number of carbonyl (C=O) groups excluding carboxylic acids is 1. The van der Waals surface area contributed by atoms with Crippen LogP contribution in [0.1, 0.15) is 32.6 Å². The van der Waals surface area contributed by atoms with Gasteiger partial charge in [0.1, 0.15) is 0 Å². The number of hydrogen-bond acceptors (Lipinski definition) is 3. The number of nitriles is 1. The van der Waals surface area contributed by atoms with Gasteiger partial charge in [-0.25, -0.2) is 0 Å². The van der Waals surface area contributed by atoms with Gasteiger partial charge in [-0.1, -0.05) is 12.5 Å². The molecule has 1 amide bonds. The van der Waals surface area contributed by atoms with Crippen molar-refractivity contribution >= 4 is 5.91 Å². The van der Waals surface area contributed by atoms with Crippen LogP contribution >= 0.6 is 0 Å². The van der Waals surface area contributed by atoms with E-state index < -0.39 is 5.91 Å². The summed E-state index contributed by atoms with van der Waals surface area (Å²) < 4.78 is 0. The minimum atomic E-state index is -0.457. The van der Waals surface area contributed by atoms with E-state index >= 15 is 0 Å². The first kappa shape index (κ1) is 12.7. The van der Waals surface area contributed by atoms with E-state index in [1.807, 2.05) is 6.92 Å². The lowest BCUT2D eigenvalue weighted by Gasteiger charge is -2.40. The quantitative estimate of drug-likeness (QED) is 0.725. The summed E-state index contributed by atoms with van der Waals surface area (Å²) in [6.07, 6.45) is 7.09. The van der Waals surface area contributed by atoms with Gasteiger partial charge in [0.25, 0.3) is 0 Å². The number of rotatable bonds is 4. The first-order valence-corrected chi connectivity index (χ1v) is 5.69. The third-order valence-corrected chi connectivity index (χ3v) is 3.12. The molecule has 0 spiro atoms. The zero-order valence-electron chi connectivity index (χ0n) is 9.78. The average molecular weight is 221 g/mol. The van der Waals surface area contributed by atoms with E-state index in [0.29, 0.717) is 6.42 Å². The van der Waals surface area contributed by atoms with Gasteiger partial charge in [0, 0.05) is 11.6 Å². The summed E-state index contributed by atoms with van der Waals surface area (Å²) in [5.41, 5.74) is 4.74. The Kier molecular flexibility index (Phi) is 4.51. The van der Waals surface area contributed by atoms with Crippen LogP contribution in [0.2, 0.25) is 0 Å². The van der Waals surface area contributed by atoms with Crippen LogP contribution in [0.4, 0.5) is 0 Å². The van der Waals surface area contributed by atoms with Crippen molar-refractivity contribution in [2.75, 3.05) is 13.1 Å². The number of likely N-dealkylation sites (tertiary alicyclic amines) is 1. The predicted molar refractivity (Wildman–Crippen MR) is 62.4 cm³/mol. The van der Waals surface area contributed by atoms with Crippen molar-refractivity contribution in [1.82, 2.24) is 4.90 Å². The molecule has 4 heteroatoms. The minimum Gasteiger partial charge on any atom is -0.366 e. The first-order valence-electron chi connectivity index (χ1n) is 5.69. The van der Waals surface area contributed by atoms with Gasteiger partial charge in [-0.05, 0) is 32.9 Å². The van der Waals surface area contributed by atoms with Gasteiger partial charge in [0.2, 0.25) is 5.91 Å². The Bertz CT molecular complexity index is 313. The highest BCUT2D eigenvalue weighted by Gasteiger charge is 2.30. The highest BCUT2D eigenvalue weighted by Crippen LogP contribution is 2.25. The van der Waals surface area contributed by atoms with Gasteiger partial charge in [0.15, 0.2) is 0 Å². The second-order valence-electron chi connectivity index (χ2n) is 4.48. The molecular weight excluding hydrogens is 202 g/mol. The van der Waals surface area contributed by atoms with Crippen LogP contribution in [0.15, 0.2) is 12.2 Å². The largest absolute Gasteiger partial charge is 0.366 e. The summed E-state index contributed by atoms with van der Waals surface area (Å²) in [5, 5.41) is 8.87. The zero-order valence-corrected chi connectivity index (χ0v) is 9.78. The molecule has 2 N–H and O–H groups in total. The van der Waals surface area contributed by atoms with E-state index in [0.717, 1.165) is 25.9 Å². The molecule has 1 atom stereocenters. The SMILES string of the molecule is CC(C=CC(N)=O)(CC#N)N1CCCCC1. The van der Waals surface area contributed by atoms with Crippen molar-refractivity contribution < 1.29 is 4.79 Å². The Morgan fingerprint density at radius 1 is 1.50 bits per heavy atom. The maximum absolute atomic E-state index is 10.8. The Balaban J connectivity index is 2.77. The topological polar surface area (TPSA) is 70.1 Å². The highest BCUT2D eigenvalue weighted by atomic mass is 16.1. The normalized spacial score (nSPS) is 21.5. The third kappa shape index (κ3) is 3.35. The molecule has 0 aromatic carbocycles. The molecule has 0 aromatic rings. The van der Waals surface area contributed by atoms with Crippen molar-refractivity contribution in [3.8, 4) is 6.07 Å². The van der Waals surface area contributed by atoms with Gasteiger partial charge >= 0.3 is 0 Å². The van der Waals surface area contributed by atoms with Crippen molar-refractivity contribution in [1.29, 1.82) is 5.26 Å². The standard InChI is InChI=1S/C12H19N3O/c1-12(7-8-13,6-5-11(14)16)15-9-3-2-4-10-15/h5-6H,2-4,7,9-10H2,1H3,(H2,14,16). The van der Waals surface area contributed by atoms with E-state index in [1.165, 1.54) is 12.5 Å². The zero-order chi connectivity index (χ0) is 12.0. The van der Waals surface area contributed by atoms with Gasteiger partial charge in [-0.15, -0.1) is 0 Å². The van der Waals surface area contributed by atoms with Crippen molar-refractivity contribution in [3.05, 3.63) is 12.2 Å². The van der Waals surface area contributed by atoms with Gasteiger partial charge in [-0.3, -0.25) is 9.69 Å². The number of nitrogens with two attached hydrogens (primary N) is 1. The molecule has 0 radical (unpaired) electrons. The summed E-state index contributed by atoms with van der Waals surface area (Å²) in [6.45, 7) is 3.96. The number of nitrogens with zero attached hydrogens (tertiary/aromatic N) is 2. The van der Waals surface area contributed by atoms with Crippen molar-refractivity contribution in [3.63, 3.8) is 0 Å². The fourth-order valence-corrected chi connectivity index (χ4v) is 2.10. The molecule has 1 heterocycles. The van der Waals surface area contributed by atoms with Gasteiger partial charge in [-0.2, -0.15) is 5.26 Å². The molecule has 16 heavy (non-hydrogen) atoms. The summed E-state index contributed by atoms with van der Waals surface area (Å²) in [5.74, 6) is -0.457. The molecule has 1 aliphatic heterocycles. The van der Waals surface area contributed by atoms with Crippen molar-refractivity contribution in [2.24, 2.45) is 5.73 Å². The molecular formula is C12H19N3O. The second-order valence-corrected chi connectivity index (χ2v) is 4.48. The van der Waals surface area contributed by atoms with Crippen molar-refractivity contribution in [2.45, 2.75) is 38.1 Å². The Hall–Kier alpha value is -1.34. The molecule has 1 fully saturated rings. The third-order valence-electron chi connectivity index (χ3n) is 3.12. The van der Waals surface area contributed by atoms with E-state index in [2.05, 4.69) is 11.0 Å². The lowest BCUT2D eigenvalue weighted by Crippen LogP contribution is -2.47. The van der Waals surface area contributed by atoms with Crippen LogP contribution in [-0.2, 0) is 4.79 Å². The van der Waals surface area contributed by atoms with Gasteiger partial charge in [0.05, 0.1) is 12.5 Å². The number of primary amides is 1. The average Bonchev–Trinajstić information content (AvgIpc) is 2.28. The molecule has 4 nitrogen and oxygen atoms in total. The Morgan fingerprint density at radius 2 is 2.12 bits per heavy atom. The van der Waals surface area contributed by atoms with Crippen LogP contribution in [-0.4, -0.2) is 29.4 Å². The molecule has 0 bridgehead atoms. The monoisotopic (exact) mass is 221 g/mol. The number of carbonyl (C=O) groups is 1. The molecule has 1 unspecified atom stereocenters. The molecule has 0 saturated carbocycles. The first-order chi connectivity index (χ1) is 7.58. The van der Waals surface area contributed by atoms with Crippen LogP contribution in [0, 0.1) is 11.3 Å². The molecule has 88 valence electrons. The number of piperidine rings is 1. The maximum atomic E-state index is 10.8. The number of hydrogen-bond donors (Lipinski definition) is 1. The van der Waals surface area contributed by atoms with Crippen LogP contribution in [0.3, 0.4) is 0 Å². The Labute approximate surface area is 96.7 Å². The molecule has 1 rings (SSSR count). The second kappa shape index (κ2) is 5.66. The van der Waals surface area contributed by atoms with E-state index in [-0.39, 0.29) is 5.54 Å². The fourth-order valence-electron chi connectivity index (χ4n) is 2.10. The summed E-state index contributed by atoms with van der Waals surface area (Å²) in [7, 11) is 0. The summed E-state index contributed by atoms with van der Waals surface area (Å²) in [4.78, 5) is 13.0. The fraction of sp³-hybridized carbons (Fsp3) is 0.667. The maximum Gasteiger partial charge on any atom is 0.241 e. The van der Waals surface area contributed by atoms with Crippen LogP contribution < -0.4 is 5.73 Å². The van der Waals surface area contributed by atoms with E-state index in [9.17, 15) is 4.79 Å². The van der Waals surface area contributed by atoms with Crippen LogP contribution in [0.25, 0.3) is 0 Å². The molecule has 0 aromatic heterocycles. The lowest BCUT2D eigenvalue weighted by atomic mass is 9.92. The smallest absolute Gasteiger partial charge is 0.241 e. The van der Waals surface area contributed by atoms with E-state index in [4.69, 9.17) is 11.0 Å². The number of amides is 1. The Morgan fingerprint density at radius 3 is 2.62 bits per heavy atom. The molecule has 0 aliphatic carbocycles. The molecule has 1 aliphatic rings. The summed E-state index contributed by atoms with van der Waals surface area (Å²) >= 11 is 0. The minimum absolute atomic E-state index is 0.357. The highest BCUT2D eigenvalue weighted by molar-refractivity contribution is 5.85. The molecule has 1 saturated heterocycles. The lowest BCUT2D eigenvalue weighted by molar-refractivity contribution is -0.113.